The predicted molar refractivity (Wildman–Crippen MR) is 133 cm³/mol. The van der Waals surface area contributed by atoms with Crippen molar-refractivity contribution < 1.29 is 5.11 Å². The topological polar surface area (TPSA) is 69.9 Å². The highest BCUT2D eigenvalue weighted by molar-refractivity contribution is 7.20. The summed E-state index contributed by atoms with van der Waals surface area (Å²) in [6, 6.07) is 27.4. The fourth-order valence-electron chi connectivity index (χ4n) is 3.42. The molecule has 0 aliphatic heterocycles. The summed E-state index contributed by atoms with van der Waals surface area (Å²) in [6.07, 6.45) is 1.62. The first-order valence-electron chi connectivity index (χ1n) is 10.2. The van der Waals surface area contributed by atoms with Gasteiger partial charge < -0.3 is 5.11 Å². The number of hydrazone groups is 1. The summed E-state index contributed by atoms with van der Waals surface area (Å²) in [5, 5.41) is 17.5. The highest BCUT2D eigenvalue weighted by atomic mass is 32.1. The maximum Gasteiger partial charge on any atom is 0.183 e. The van der Waals surface area contributed by atoms with Gasteiger partial charge in [0.25, 0.3) is 0 Å². The number of phenols is 1. The lowest BCUT2D eigenvalue weighted by molar-refractivity contribution is 0.475. The Morgan fingerprint density at radius 3 is 2.56 bits per heavy atom. The molecule has 0 fully saturated rings. The number of fused-ring (bicyclic) bond motifs is 2. The lowest BCUT2D eigenvalue weighted by atomic mass is 10.0. The molecular weight excluding hydrogens is 416 g/mol. The molecule has 0 saturated heterocycles. The van der Waals surface area contributed by atoms with Crippen LogP contribution in [0.25, 0.3) is 21.0 Å². The van der Waals surface area contributed by atoms with Gasteiger partial charge in [0.2, 0.25) is 0 Å². The van der Waals surface area contributed by atoms with Gasteiger partial charge in [0.1, 0.15) is 5.75 Å². The molecule has 5 rings (SSSR count). The van der Waals surface area contributed by atoms with Gasteiger partial charge in [-0.3, -0.25) is 5.43 Å². The Hall–Kier alpha value is -4.03. The molecule has 156 valence electrons. The molecule has 32 heavy (non-hydrogen) atoms. The highest BCUT2D eigenvalue weighted by Crippen LogP contribution is 2.26. The van der Waals surface area contributed by atoms with Gasteiger partial charge in [-0.2, -0.15) is 5.10 Å². The predicted octanol–water partition coefficient (Wildman–Crippen LogP) is 6.17. The maximum atomic E-state index is 10.4. The number of hydrogen-bond acceptors (Lipinski definition) is 5. The minimum absolute atomic E-state index is 0.172. The Kier molecular flexibility index (Phi) is 5.35. The third-order valence-corrected chi connectivity index (χ3v) is 6.13. The monoisotopic (exact) mass is 436 g/mol. The normalized spacial score (nSPS) is 12.1. The number of nitrogens with one attached hydrogen (secondary N) is 1. The minimum Gasteiger partial charge on any atom is -0.507 e. The summed E-state index contributed by atoms with van der Waals surface area (Å²) in [5.41, 5.74) is 6.60. The molecule has 1 aromatic heterocycles. The number of amidine groups is 1. The van der Waals surface area contributed by atoms with Crippen molar-refractivity contribution in [3.8, 4) is 5.75 Å². The number of nitrogens with zero attached hydrogens (tertiary/aromatic N) is 3. The van der Waals surface area contributed by atoms with Crippen LogP contribution in [-0.2, 0) is 0 Å². The van der Waals surface area contributed by atoms with Crippen LogP contribution < -0.4 is 5.43 Å². The molecule has 5 nitrogen and oxygen atoms in total. The average molecular weight is 437 g/mol. The molecule has 0 bridgehead atoms. The maximum absolute atomic E-state index is 10.4. The van der Waals surface area contributed by atoms with Gasteiger partial charge in [0.05, 0.1) is 22.1 Å². The van der Waals surface area contributed by atoms with Gasteiger partial charge in [0.15, 0.2) is 10.8 Å². The van der Waals surface area contributed by atoms with Gasteiger partial charge in [-0.1, -0.05) is 60.2 Å². The number of aliphatic imine (C=N–C) groups is 1. The van der Waals surface area contributed by atoms with Gasteiger partial charge in [0, 0.05) is 5.56 Å². The van der Waals surface area contributed by atoms with Crippen molar-refractivity contribution in [2.24, 2.45) is 10.1 Å². The van der Waals surface area contributed by atoms with Crippen molar-refractivity contribution in [3.05, 3.63) is 101 Å². The molecule has 2 N–H and O–H groups in total. The fraction of sp³-hybridized carbons (Fsp3) is 0.0385. The third kappa shape index (κ3) is 4.08. The van der Waals surface area contributed by atoms with E-state index in [4.69, 9.17) is 9.98 Å². The van der Waals surface area contributed by atoms with E-state index in [1.165, 1.54) is 5.56 Å². The van der Waals surface area contributed by atoms with E-state index >= 15 is 0 Å². The van der Waals surface area contributed by atoms with Crippen molar-refractivity contribution in [1.82, 2.24) is 10.4 Å². The first-order valence-corrected chi connectivity index (χ1v) is 11.0. The Morgan fingerprint density at radius 2 is 1.72 bits per heavy atom. The largest absolute Gasteiger partial charge is 0.507 e. The van der Waals surface area contributed by atoms with Crippen LogP contribution in [0, 0.1) is 6.92 Å². The summed E-state index contributed by atoms with van der Waals surface area (Å²) in [7, 11) is 0. The van der Waals surface area contributed by atoms with Crippen molar-refractivity contribution in [2.75, 3.05) is 0 Å². The molecule has 0 spiro atoms. The molecule has 0 aliphatic rings. The van der Waals surface area contributed by atoms with Crippen molar-refractivity contribution in [1.29, 1.82) is 0 Å². The van der Waals surface area contributed by atoms with E-state index in [1.54, 1.807) is 23.6 Å². The molecule has 1 heterocycles. The van der Waals surface area contributed by atoms with E-state index in [0.717, 1.165) is 31.7 Å². The standard InChI is InChI=1S/C26H20N4OS/c1-17-10-13-19(14-11-17)28-25(26-29-22-8-4-5-9-24(22)32-26)30-27-16-21-20-7-3-2-6-18(20)12-15-23(21)31/h2-16,31H,1H3,(H,28,30). The third-order valence-electron chi connectivity index (χ3n) is 5.08. The van der Waals surface area contributed by atoms with Crippen molar-refractivity contribution in [2.45, 2.75) is 6.92 Å². The number of aromatic nitrogens is 1. The lowest BCUT2D eigenvalue weighted by Crippen LogP contribution is -2.18. The fourth-order valence-corrected chi connectivity index (χ4v) is 4.33. The van der Waals surface area contributed by atoms with Crippen LogP contribution >= 0.6 is 11.3 Å². The van der Waals surface area contributed by atoms with Crippen molar-refractivity contribution >= 4 is 50.1 Å². The molecular formula is C26H20N4OS. The van der Waals surface area contributed by atoms with Crippen LogP contribution in [-0.4, -0.2) is 22.1 Å². The van der Waals surface area contributed by atoms with Crippen LogP contribution in [0.5, 0.6) is 5.75 Å². The van der Waals surface area contributed by atoms with Crippen LogP contribution in [0.15, 0.2) is 95.0 Å². The first-order chi connectivity index (χ1) is 15.7. The van der Waals surface area contributed by atoms with Crippen LogP contribution in [0.3, 0.4) is 0 Å². The number of para-hydroxylation sites is 1. The second-order valence-corrected chi connectivity index (χ2v) is 8.40. The molecule has 5 aromatic rings. The lowest BCUT2D eigenvalue weighted by Gasteiger charge is -2.06. The molecule has 0 aliphatic carbocycles. The van der Waals surface area contributed by atoms with Gasteiger partial charge in [-0.15, -0.1) is 11.3 Å². The SMILES string of the molecule is Cc1ccc(N=C(NN=Cc2c(O)ccc3ccccc23)c2nc3ccccc3s2)cc1. The second-order valence-electron chi connectivity index (χ2n) is 7.37. The van der Waals surface area contributed by atoms with E-state index < -0.39 is 0 Å². The zero-order valence-corrected chi connectivity index (χ0v) is 18.2. The van der Waals surface area contributed by atoms with Gasteiger partial charge in [-0.25, -0.2) is 9.98 Å². The Morgan fingerprint density at radius 1 is 0.938 bits per heavy atom. The molecule has 6 heteroatoms. The van der Waals surface area contributed by atoms with Gasteiger partial charge in [-0.05, 0) is 48.0 Å². The number of aryl methyl sites for hydroxylation is 1. The minimum atomic E-state index is 0.172. The Bertz CT molecular complexity index is 1440. The molecule has 0 radical (unpaired) electrons. The van der Waals surface area contributed by atoms with Crippen LogP contribution in [0.1, 0.15) is 16.1 Å². The van der Waals surface area contributed by atoms with Crippen LogP contribution in [0.2, 0.25) is 0 Å². The zero-order valence-electron chi connectivity index (χ0n) is 17.4. The number of thiazole rings is 1. The Balaban J connectivity index is 1.53. The highest BCUT2D eigenvalue weighted by Gasteiger charge is 2.11. The second kappa shape index (κ2) is 8.61. The van der Waals surface area contributed by atoms with Crippen LogP contribution in [0.4, 0.5) is 5.69 Å². The number of benzene rings is 4. The molecule has 0 saturated carbocycles. The molecule has 4 aromatic carbocycles. The van der Waals surface area contributed by atoms with Gasteiger partial charge >= 0.3 is 0 Å². The summed E-state index contributed by atoms with van der Waals surface area (Å²) in [4.78, 5) is 9.48. The zero-order chi connectivity index (χ0) is 21.9. The van der Waals surface area contributed by atoms with E-state index in [2.05, 4.69) is 10.5 Å². The van der Waals surface area contributed by atoms with E-state index in [0.29, 0.717) is 11.4 Å². The smallest absolute Gasteiger partial charge is 0.183 e. The van der Waals surface area contributed by atoms with Crippen molar-refractivity contribution in [3.63, 3.8) is 0 Å². The van der Waals surface area contributed by atoms with E-state index in [9.17, 15) is 5.11 Å². The molecule has 0 amide bonds. The first kappa shape index (κ1) is 19.9. The summed E-state index contributed by atoms with van der Waals surface area (Å²) < 4.78 is 1.08. The number of hydrogen-bond donors (Lipinski definition) is 2. The summed E-state index contributed by atoms with van der Waals surface area (Å²) in [6.45, 7) is 2.04. The average Bonchev–Trinajstić information content (AvgIpc) is 3.25. The Labute approximate surface area is 189 Å². The molecule has 0 unspecified atom stereocenters. The van der Waals surface area contributed by atoms with E-state index in [1.807, 2.05) is 85.8 Å². The number of phenolic OH excluding ortho intramolecular Hbond substituents is 1. The number of rotatable bonds is 4. The summed E-state index contributed by atoms with van der Waals surface area (Å²) in [5.74, 6) is 0.720. The quantitative estimate of drug-likeness (QED) is 0.201. The number of aromatic hydroxyl groups is 1. The molecule has 0 atom stereocenters. The summed E-state index contributed by atoms with van der Waals surface area (Å²) >= 11 is 1.55. The van der Waals surface area contributed by atoms with E-state index in [-0.39, 0.29) is 5.75 Å².